The van der Waals surface area contributed by atoms with Crippen molar-refractivity contribution < 1.29 is 0 Å². The molecule has 0 N–H and O–H groups in total. The third-order valence-corrected chi connectivity index (χ3v) is 3.48. The molecule has 1 aromatic rings. The van der Waals surface area contributed by atoms with Crippen molar-refractivity contribution in [1.82, 2.24) is 0 Å². The summed E-state index contributed by atoms with van der Waals surface area (Å²) in [5.41, 5.74) is 2.63. The zero-order valence-corrected chi connectivity index (χ0v) is 10.1. The Morgan fingerprint density at radius 1 is 1.27 bits per heavy atom. The first-order valence-electron chi connectivity index (χ1n) is 5.00. The van der Waals surface area contributed by atoms with E-state index < -0.39 is 0 Å². The summed E-state index contributed by atoms with van der Waals surface area (Å²) >= 11 is 3.69. The normalized spacial score (nSPS) is 24.7. The molecule has 0 saturated carbocycles. The number of alkyl halides is 1. The Bertz CT molecular complexity index is 414. The predicted molar refractivity (Wildman–Crippen MR) is 70.0 cm³/mol. The Kier molecular flexibility index (Phi) is 2.92. The SMILES string of the molecule is C=CC1(Br)C=CC=C(c2ccccc2)C1. The second kappa shape index (κ2) is 4.19. The average Bonchev–Trinajstić information content (AvgIpc) is 2.30. The molecule has 0 fully saturated rings. The third-order valence-electron chi connectivity index (χ3n) is 2.62. The lowest BCUT2D eigenvalue weighted by Gasteiger charge is -2.24. The first kappa shape index (κ1) is 10.4. The van der Waals surface area contributed by atoms with Crippen molar-refractivity contribution in [1.29, 1.82) is 0 Å². The van der Waals surface area contributed by atoms with Gasteiger partial charge in [0.25, 0.3) is 0 Å². The average molecular weight is 261 g/mol. The van der Waals surface area contributed by atoms with E-state index in [1.165, 1.54) is 11.1 Å². The van der Waals surface area contributed by atoms with Gasteiger partial charge in [0.15, 0.2) is 0 Å². The topological polar surface area (TPSA) is 0 Å². The third kappa shape index (κ3) is 2.29. The largest absolute Gasteiger partial charge is 0.101 e. The highest BCUT2D eigenvalue weighted by atomic mass is 79.9. The first-order valence-corrected chi connectivity index (χ1v) is 5.79. The molecule has 0 heterocycles. The van der Waals surface area contributed by atoms with E-state index in [2.05, 4.69) is 65.0 Å². The van der Waals surface area contributed by atoms with Crippen LogP contribution < -0.4 is 0 Å². The van der Waals surface area contributed by atoms with Gasteiger partial charge in [0.1, 0.15) is 0 Å². The molecular formula is C14H13Br. The number of hydrogen-bond donors (Lipinski definition) is 0. The van der Waals surface area contributed by atoms with Crippen molar-refractivity contribution >= 4 is 21.5 Å². The lowest BCUT2D eigenvalue weighted by atomic mass is 9.90. The molecule has 1 unspecified atom stereocenters. The van der Waals surface area contributed by atoms with Crippen LogP contribution in [0.4, 0.5) is 0 Å². The van der Waals surface area contributed by atoms with E-state index in [0.717, 1.165) is 6.42 Å². The minimum absolute atomic E-state index is 0.0765. The van der Waals surface area contributed by atoms with Gasteiger partial charge in [-0.15, -0.1) is 6.58 Å². The molecule has 2 rings (SSSR count). The molecule has 1 heteroatoms. The van der Waals surface area contributed by atoms with Crippen LogP contribution >= 0.6 is 15.9 Å². The van der Waals surface area contributed by atoms with Crippen molar-refractivity contribution in [2.45, 2.75) is 10.7 Å². The van der Waals surface area contributed by atoms with Gasteiger partial charge in [0, 0.05) is 0 Å². The molecular weight excluding hydrogens is 248 g/mol. The molecule has 0 radical (unpaired) electrons. The van der Waals surface area contributed by atoms with E-state index in [9.17, 15) is 0 Å². The van der Waals surface area contributed by atoms with Crippen LogP contribution in [0.3, 0.4) is 0 Å². The quantitative estimate of drug-likeness (QED) is 0.548. The van der Waals surface area contributed by atoms with Crippen molar-refractivity contribution in [2.24, 2.45) is 0 Å². The maximum absolute atomic E-state index is 3.86. The fraction of sp³-hybridized carbons (Fsp3) is 0.143. The highest BCUT2D eigenvalue weighted by molar-refractivity contribution is 9.10. The zero-order chi connectivity index (χ0) is 10.7. The van der Waals surface area contributed by atoms with Crippen molar-refractivity contribution in [3.8, 4) is 0 Å². The summed E-state index contributed by atoms with van der Waals surface area (Å²) in [5.74, 6) is 0. The summed E-state index contributed by atoms with van der Waals surface area (Å²) in [6.45, 7) is 3.86. The predicted octanol–water partition coefficient (Wildman–Crippen LogP) is 4.35. The molecule has 1 aromatic carbocycles. The number of hydrogen-bond acceptors (Lipinski definition) is 0. The molecule has 0 bridgehead atoms. The molecule has 1 aliphatic carbocycles. The lowest BCUT2D eigenvalue weighted by Crippen LogP contribution is -2.16. The van der Waals surface area contributed by atoms with Crippen LogP contribution in [0.15, 0.2) is 61.2 Å². The summed E-state index contributed by atoms with van der Waals surface area (Å²) in [6.07, 6.45) is 9.28. The van der Waals surface area contributed by atoms with E-state index >= 15 is 0 Å². The van der Waals surface area contributed by atoms with Gasteiger partial charge in [-0.05, 0) is 17.6 Å². The lowest BCUT2D eigenvalue weighted by molar-refractivity contribution is 0.918. The van der Waals surface area contributed by atoms with Gasteiger partial charge in [-0.2, -0.15) is 0 Å². The fourth-order valence-electron chi connectivity index (χ4n) is 1.72. The molecule has 0 spiro atoms. The Morgan fingerprint density at radius 2 is 2.00 bits per heavy atom. The van der Waals surface area contributed by atoms with Gasteiger partial charge in [0.2, 0.25) is 0 Å². The van der Waals surface area contributed by atoms with E-state index in [1.54, 1.807) is 0 Å². The molecule has 0 nitrogen and oxygen atoms in total. The van der Waals surface area contributed by atoms with E-state index in [0.29, 0.717) is 0 Å². The molecule has 15 heavy (non-hydrogen) atoms. The Balaban J connectivity index is 2.30. The van der Waals surface area contributed by atoms with Crippen LogP contribution in [0.5, 0.6) is 0 Å². The van der Waals surface area contributed by atoms with Crippen LogP contribution in [0.25, 0.3) is 5.57 Å². The second-order valence-electron chi connectivity index (χ2n) is 3.72. The molecule has 0 saturated heterocycles. The Morgan fingerprint density at radius 3 is 2.67 bits per heavy atom. The maximum atomic E-state index is 3.86. The van der Waals surface area contributed by atoms with Gasteiger partial charge in [-0.3, -0.25) is 0 Å². The fourth-order valence-corrected chi connectivity index (χ4v) is 2.18. The summed E-state index contributed by atoms with van der Waals surface area (Å²) in [7, 11) is 0. The second-order valence-corrected chi connectivity index (χ2v) is 5.20. The highest BCUT2D eigenvalue weighted by Gasteiger charge is 2.23. The van der Waals surface area contributed by atoms with Gasteiger partial charge in [-0.25, -0.2) is 0 Å². The van der Waals surface area contributed by atoms with Crippen LogP contribution in [0.1, 0.15) is 12.0 Å². The van der Waals surface area contributed by atoms with Gasteiger partial charge < -0.3 is 0 Å². The highest BCUT2D eigenvalue weighted by Crippen LogP contribution is 2.36. The Hall–Kier alpha value is -1.08. The summed E-state index contributed by atoms with van der Waals surface area (Å²) < 4.78 is -0.0765. The first-order chi connectivity index (χ1) is 7.23. The minimum Gasteiger partial charge on any atom is -0.101 e. The van der Waals surface area contributed by atoms with E-state index in [1.807, 2.05) is 12.1 Å². The summed E-state index contributed by atoms with van der Waals surface area (Å²) in [5, 5.41) is 0. The van der Waals surface area contributed by atoms with Crippen LogP contribution in [-0.4, -0.2) is 4.32 Å². The van der Waals surface area contributed by atoms with E-state index in [-0.39, 0.29) is 4.32 Å². The minimum atomic E-state index is -0.0765. The molecule has 0 aromatic heterocycles. The number of allylic oxidation sites excluding steroid dienone is 5. The van der Waals surface area contributed by atoms with Gasteiger partial charge in [-0.1, -0.05) is 70.6 Å². The van der Waals surface area contributed by atoms with Crippen LogP contribution in [0.2, 0.25) is 0 Å². The van der Waals surface area contributed by atoms with Gasteiger partial charge in [0.05, 0.1) is 4.32 Å². The van der Waals surface area contributed by atoms with Crippen molar-refractivity contribution in [3.63, 3.8) is 0 Å². The summed E-state index contributed by atoms with van der Waals surface area (Å²) in [6, 6.07) is 10.5. The summed E-state index contributed by atoms with van der Waals surface area (Å²) in [4.78, 5) is 0. The Labute approximate surface area is 99.1 Å². The van der Waals surface area contributed by atoms with Crippen LogP contribution in [-0.2, 0) is 0 Å². The molecule has 76 valence electrons. The van der Waals surface area contributed by atoms with Crippen LogP contribution in [0, 0.1) is 0 Å². The molecule has 0 amide bonds. The smallest absolute Gasteiger partial charge is 0.0657 e. The van der Waals surface area contributed by atoms with E-state index in [4.69, 9.17) is 0 Å². The number of rotatable bonds is 2. The number of benzene rings is 1. The molecule has 1 aliphatic rings. The molecule has 1 atom stereocenters. The van der Waals surface area contributed by atoms with Crippen molar-refractivity contribution in [3.05, 3.63) is 66.8 Å². The molecule has 0 aliphatic heterocycles. The van der Waals surface area contributed by atoms with Crippen molar-refractivity contribution in [2.75, 3.05) is 0 Å². The maximum Gasteiger partial charge on any atom is 0.0657 e. The monoisotopic (exact) mass is 260 g/mol. The standard InChI is InChI=1S/C14H13Br/c1-2-14(15)10-6-9-13(11-14)12-7-4-3-5-8-12/h2-10H,1,11H2. The number of halogens is 1. The van der Waals surface area contributed by atoms with Gasteiger partial charge >= 0.3 is 0 Å². The zero-order valence-electron chi connectivity index (χ0n) is 8.49.